The molecular formula is C27H20ClN3OS. The number of rotatable bonds is 6. The number of fused-ring (bicyclic) bond motifs is 1. The quantitative estimate of drug-likeness (QED) is 0.275. The number of amides is 1. The van der Waals surface area contributed by atoms with Gasteiger partial charge >= 0.3 is 0 Å². The Morgan fingerprint density at radius 3 is 2.42 bits per heavy atom. The average molecular weight is 470 g/mol. The number of hydrogen-bond acceptors (Lipinski definition) is 4. The topological polar surface area (TPSA) is 46.1 Å². The van der Waals surface area contributed by atoms with Crippen LogP contribution < -0.4 is 4.90 Å². The second kappa shape index (κ2) is 9.53. The number of benzene rings is 3. The predicted molar refractivity (Wildman–Crippen MR) is 136 cm³/mol. The minimum Gasteiger partial charge on any atom is -0.283 e. The van der Waals surface area contributed by atoms with Crippen molar-refractivity contribution in [2.75, 3.05) is 4.90 Å². The van der Waals surface area contributed by atoms with Gasteiger partial charge in [-0.3, -0.25) is 14.7 Å². The van der Waals surface area contributed by atoms with Gasteiger partial charge in [-0.25, -0.2) is 4.98 Å². The van der Waals surface area contributed by atoms with Gasteiger partial charge in [-0.15, -0.1) is 0 Å². The zero-order valence-electron chi connectivity index (χ0n) is 17.7. The van der Waals surface area contributed by atoms with Crippen molar-refractivity contribution in [3.05, 3.63) is 113 Å². The second-order valence-electron chi connectivity index (χ2n) is 7.69. The third-order valence-corrected chi connectivity index (χ3v) is 6.63. The summed E-state index contributed by atoms with van der Waals surface area (Å²) >= 11 is 7.62. The van der Waals surface area contributed by atoms with Crippen molar-refractivity contribution in [3.63, 3.8) is 0 Å². The van der Waals surface area contributed by atoms with E-state index in [9.17, 15) is 4.79 Å². The molecule has 1 amide bonds. The molecular weight excluding hydrogens is 450 g/mol. The SMILES string of the molecule is O=C(Cc1ccc(-c2ccccc2)cc1)N(Cc1cccnc1)c1nc2ccc(Cl)cc2s1. The number of carbonyl (C=O) groups is 1. The normalized spacial score (nSPS) is 10.9. The summed E-state index contributed by atoms with van der Waals surface area (Å²) in [5.41, 5.74) is 5.02. The summed E-state index contributed by atoms with van der Waals surface area (Å²) < 4.78 is 0.953. The minimum absolute atomic E-state index is 0.0172. The molecule has 0 aliphatic carbocycles. The number of nitrogens with zero attached hydrogens (tertiary/aromatic N) is 3. The number of thiazole rings is 1. The molecule has 2 heterocycles. The molecule has 0 fully saturated rings. The van der Waals surface area contributed by atoms with E-state index in [0.717, 1.165) is 32.5 Å². The molecule has 0 atom stereocenters. The molecule has 0 aliphatic rings. The van der Waals surface area contributed by atoms with Gasteiger partial charge in [0, 0.05) is 17.4 Å². The standard InChI is InChI=1S/C27H20ClN3OS/c28-23-12-13-24-25(16-23)33-27(30-24)31(18-20-5-4-14-29-17-20)26(32)15-19-8-10-22(11-9-19)21-6-2-1-3-7-21/h1-14,16-17H,15,18H2. The zero-order chi connectivity index (χ0) is 22.6. The molecule has 5 rings (SSSR count). The first-order valence-corrected chi connectivity index (χ1v) is 11.7. The van der Waals surface area contributed by atoms with Crippen LogP contribution in [0.4, 0.5) is 5.13 Å². The first-order chi connectivity index (χ1) is 16.2. The van der Waals surface area contributed by atoms with Gasteiger partial charge in [0.05, 0.1) is 23.2 Å². The van der Waals surface area contributed by atoms with Crippen molar-refractivity contribution in [1.82, 2.24) is 9.97 Å². The van der Waals surface area contributed by atoms with Crippen LogP contribution in [0.5, 0.6) is 0 Å². The summed E-state index contributed by atoms with van der Waals surface area (Å²) in [7, 11) is 0. The van der Waals surface area contributed by atoms with Gasteiger partial charge in [0.2, 0.25) is 5.91 Å². The van der Waals surface area contributed by atoms with Crippen LogP contribution in [-0.4, -0.2) is 15.9 Å². The molecule has 0 spiro atoms. The molecule has 2 aromatic heterocycles. The van der Waals surface area contributed by atoms with Crippen LogP contribution in [0.3, 0.4) is 0 Å². The molecule has 5 aromatic rings. The second-order valence-corrected chi connectivity index (χ2v) is 9.13. The fourth-order valence-electron chi connectivity index (χ4n) is 3.65. The van der Waals surface area contributed by atoms with E-state index in [4.69, 9.17) is 16.6 Å². The van der Waals surface area contributed by atoms with Crippen LogP contribution in [0.1, 0.15) is 11.1 Å². The fraction of sp³-hybridized carbons (Fsp3) is 0.0741. The van der Waals surface area contributed by atoms with Gasteiger partial charge in [-0.1, -0.05) is 83.6 Å². The van der Waals surface area contributed by atoms with Gasteiger partial charge in [-0.2, -0.15) is 0 Å². The van der Waals surface area contributed by atoms with Crippen LogP contribution in [0.15, 0.2) is 97.3 Å². The molecule has 4 nitrogen and oxygen atoms in total. The van der Waals surface area contributed by atoms with Crippen LogP contribution in [0.25, 0.3) is 21.3 Å². The van der Waals surface area contributed by atoms with Crippen molar-refractivity contribution in [2.24, 2.45) is 0 Å². The highest BCUT2D eigenvalue weighted by Gasteiger charge is 2.21. The van der Waals surface area contributed by atoms with Crippen LogP contribution in [-0.2, 0) is 17.8 Å². The number of carbonyl (C=O) groups excluding carboxylic acids is 1. The van der Waals surface area contributed by atoms with Crippen LogP contribution >= 0.6 is 22.9 Å². The lowest BCUT2D eigenvalue weighted by Gasteiger charge is -2.20. The number of halogens is 1. The number of pyridine rings is 1. The van der Waals surface area contributed by atoms with Crippen LogP contribution in [0.2, 0.25) is 5.02 Å². The smallest absolute Gasteiger partial charge is 0.233 e. The third-order valence-electron chi connectivity index (χ3n) is 5.35. The molecule has 0 aliphatic heterocycles. The molecule has 3 aromatic carbocycles. The number of anilines is 1. The van der Waals surface area contributed by atoms with E-state index in [1.807, 2.05) is 60.7 Å². The highest BCUT2D eigenvalue weighted by Crippen LogP contribution is 2.32. The Morgan fingerprint density at radius 1 is 0.879 bits per heavy atom. The maximum Gasteiger partial charge on any atom is 0.233 e. The summed E-state index contributed by atoms with van der Waals surface area (Å²) in [5, 5.41) is 1.31. The number of aromatic nitrogens is 2. The van der Waals surface area contributed by atoms with Gasteiger partial charge < -0.3 is 0 Å². The maximum atomic E-state index is 13.5. The van der Waals surface area contributed by atoms with Crippen molar-refractivity contribution in [1.29, 1.82) is 0 Å². The molecule has 0 N–H and O–H groups in total. The largest absolute Gasteiger partial charge is 0.283 e. The average Bonchev–Trinajstić information content (AvgIpc) is 3.27. The monoisotopic (exact) mass is 469 g/mol. The molecule has 0 unspecified atom stereocenters. The molecule has 0 bridgehead atoms. The Bertz CT molecular complexity index is 1390. The Kier molecular flexibility index (Phi) is 6.15. The minimum atomic E-state index is -0.0172. The lowest BCUT2D eigenvalue weighted by Crippen LogP contribution is -2.31. The van der Waals surface area contributed by atoms with E-state index in [1.165, 1.54) is 11.3 Å². The zero-order valence-corrected chi connectivity index (χ0v) is 19.3. The summed E-state index contributed by atoms with van der Waals surface area (Å²) in [5.74, 6) is -0.0172. The van der Waals surface area contributed by atoms with Crippen molar-refractivity contribution in [2.45, 2.75) is 13.0 Å². The van der Waals surface area contributed by atoms with Gasteiger partial charge in [0.25, 0.3) is 0 Å². The Hall–Kier alpha value is -3.54. The van der Waals surface area contributed by atoms with Crippen LogP contribution in [0, 0.1) is 0 Å². The first-order valence-electron chi connectivity index (χ1n) is 10.6. The number of hydrogen-bond donors (Lipinski definition) is 0. The van der Waals surface area contributed by atoms with E-state index >= 15 is 0 Å². The predicted octanol–water partition coefficient (Wildman–Crippen LogP) is 6.79. The molecule has 0 saturated heterocycles. The highest BCUT2D eigenvalue weighted by molar-refractivity contribution is 7.22. The molecule has 6 heteroatoms. The van der Waals surface area contributed by atoms with Crippen molar-refractivity contribution >= 4 is 44.2 Å². The van der Waals surface area contributed by atoms with E-state index in [-0.39, 0.29) is 12.3 Å². The highest BCUT2D eigenvalue weighted by atomic mass is 35.5. The molecule has 0 saturated carbocycles. The molecule has 162 valence electrons. The lowest BCUT2D eigenvalue weighted by atomic mass is 10.0. The lowest BCUT2D eigenvalue weighted by molar-refractivity contribution is -0.118. The maximum absolute atomic E-state index is 13.5. The molecule has 33 heavy (non-hydrogen) atoms. The fourth-order valence-corrected chi connectivity index (χ4v) is 4.91. The summed E-state index contributed by atoms with van der Waals surface area (Å²) in [6, 6.07) is 27.8. The van der Waals surface area contributed by atoms with Gasteiger partial charge in [0.15, 0.2) is 5.13 Å². The van der Waals surface area contributed by atoms with E-state index < -0.39 is 0 Å². The van der Waals surface area contributed by atoms with E-state index in [2.05, 4.69) is 29.2 Å². The summed E-state index contributed by atoms with van der Waals surface area (Å²) in [4.78, 5) is 24.1. The Balaban J connectivity index is 1.42. The summed E-state index contributed by atoms with van der Waals surface area (Å²) in [6.07, 6.45) is 3.79. The van der Waals surface area contributed by atoms with Gasteiger partial charge in [0.1, 0.15) is 0 Å². The van der Waals surface area contributed by atoms with E-state index in [1.54, 1.807) is 17.3 Å². The van der Waals surface area contributed by atoms with Gasteiger partial charge in [-0.05, 0) is 46.5 Å². The molecule has 0 radical (unpaired) electrons. The Morgan fingerprint density at radius 2 is 1.67 bits per heavy atom. The van der Waals surface area contributed by atoms with Crippen molar-refractivity contribution in [3.8, 4) is 11.1 Å². The van der Waals surface area contributed by atoms with Crippen molar-refractivity contribution < 1.29 is 4.79 Å². The Labute approximate surface area is 201 Å². The summed E-state index contributed by atoms with van der Waals surface area (Å²) in [6.45, 7) is 0.405. The first kappa shape index (κ1) is 21.3. The van der Waals surface area contributed by atoms with E-state index in [0.29, 0.717) is 16.7 Å². The third kappa shape index (κ3) is 4.95.